The molecule has 1 aromatic rings. The number of nitrogens with two attached hydrogens (primary N) is 1. The molecule has 0 radical (unpaired) electrons. The first-order valence-corrected chi connectivity index (χ1v) is 5.65. The SMILES string of the molecule is Cc1nn(C2CCCOCC2)c(N)c1Cl. The van der Waals surface area contributed by atoms with E-state index in [0.717, 1.165) is 38.2 Å². The summed E-state index contributed by atoms with van der Waals surface area (Å²) < 4.78 is 7.26. The summed E-state index contributed by atoms with van der Waals surface area (Å²) in [7, 11) is 0. The molecule has 84 valence electrons. The molecular weight excluding hydrogens is 214 g/mol. The van der Waals surface area contributed by atoms with Crippen molar-refractivity contribution in [2.24, 2.45) is 0 Å². The summed E-state index contributed by atoms with van der Waals surface area (Å²) in [6.45, 7) is 3.49. The molecule has 0 bridgehead atoms. The fourth-order valence-corrected chi connectivity index (χ4v) is 2.08. The number of anilines is 1. The van der Waals surface area contributed by atoms with Crippen molar-refractivity contribution in [2.75, 3.05) is 18.9 Å². The van der Waals surface area contributed by atoms with Crippen LogP contribution in [0.15, 0.2) is 0 Å². The standard InChI is InChI=1S/C10H16ClN3O/c1-7-9(11)10(12)14(13-7)8-3-2-5-15-6-4-8/h8H,2-6,12H2,1H3. The molecule has 1 unspecified atom stereocenters. The highest BCUT2D eigenvalue weighted by atomic mass is 35.5. The van der Waals surface area contributed by atoms with Crippen molar-refractivity contribution in [3.8, 4) is 0 Å². The number of ether oxygens (including phenoxy) is 1. The van der Waals surface area contributed by atoms with Crippen molar-refractivity contribution in [3.63, 3.8) is 0 Å². The maximum atomic E-state index is 6.02. The molecule has 1 aromatic heterocycles. The van der Waals surface area contributed by atoms with Crippen LogP contribution >= 0.6 is 11.6 Å². The van der Waals surface area contributed by atoms with Crippen molar-refractivity contribution in [1.29, 1.82) is 0 Å². The molecule has 1 aliphatic heterocycles. The first-order valence-electron chi connectivity index (χ1n) is 5.28. The first-order chi connectivity index (χ1) is 7.20. The van der Waals surface area contributed by atoms with E-state index in [4.69, 9.17) is 22.1 Å². The van der Waals surface area contributed by atoms with Gasteiger partial charge in [0.25, 0.3) is 0 Å². The van der Waals surface area contributed by atoms with Gasteiger partial charge in [0.1, 0.15) is 10.8 Å². The monoisotopic (exact) mass is 229 g/mol. The maximum Gasteiger partial charge on any atom is 0.141 e. The van der Waals surface area contributed by atoms with Crippen LogP contribution in [0.4, 0.5) is 5.82 Å². The van der Waals surface area contributed by atoms with Crippen LogP contribution in [0.5, 0.6) is 0 Å². The number of nitrogens with zero attached hydrogens (tertiary/aromatic N) is 2. The quantitative estimate of drug-likeness (QED) is 0.803. The molecule has 4 nitrogen and oxygen atoms in total. The minimum atomic E-state index is 0.332. The van der Waals surface area contributed by atoms with E-state index in [-0.39, 0.29) is 0 Å². The van der Waals surface area contributed by atoms with Gasteiger partial charge in [-0.25, -0.2) is 4.68 Å². The summed E-state index contributed by atoms with van der Waals surface area (Å²) in [5, 5.41) is 4.96. The van der Waals surface area contributed by atoms with Crippen LogP contribution in [0, 0.1) is 6.92 Å². The van der Waals surface area contributed by atoms with Gasteiger partial charge in [0.2, 0.25) is 0 Å². The van der Waals surface area contributed by atoms with Gasteiger partial charge in [-0.1, -0.05) is 11.6 Å². The Labute approximate surface area is 94.3 Å². The lowest BCUT2D eigenvalue weighted by atomic mass is 10.1. The van der Waals surface area contributed by atoms with Crippen LogP contribution < -0.4 is 5.73 Å². The van der Waals surface area contributed by atoms with E-state index in [1.807, 2.05) is 11.6 Å². The Hall–Kier alpha value is -0.740. The van der Waals surface area contributed by atoms with Crippen molar-refractivity contribution >= 4 is 17.4 Å². The number of aromatic nitrogens is 2. The minimum absolute atomic E-state index is 0.332. The van der Waals surface area contributed by atoms with Crippen molar-refractivity contribution in [3.05, 3.63) is 10.7 Å². The van der Waals surface area contributed by atoms with Gasteiger partial charge in [0.05, 0.1) is 11.7 Å². The van der Waals surface area contributed by atoms with E-state index >= 15 is 0 Å². The topological polar surface area (TPSA) is 53.1 Å². The summed E-state index contributed by atoms with van der Waals surface area (Å²) in [6.07, 6.45) is 3.07. The van der Waals surface area contributed by atoms with E-state index < -0.39 is 0 Å². The molecule has 2 N–H and O–H groups in total. The van der Waals surface area contributed by atoms with Gasteiger partial charge in [0.15, 0.2) is 0 Å². The smallest absolute Gasteiger partial charge is 0.141 e. The number of nitrogen functional groups attached to an aromatic ring is 1. The van der Waals surface area contributed by atoms with Crippen LogP contribution in [0.3, 0.4) is 0 Å². The van der Waals surface area contributed by atoms with Crippen LogP contribution in [0.2, 0.25) is 5.02 Å². The normalized spacial score (nSPS) is 22.7. The zero-order valence-corrected chi connectivity index (χ0v) is 9.63. The Morgan fingerprint density at radius 2 is 2.27 bits per heavy atom. The van der Waals surface area contributed by atoms with Crippen LogP contribution in [0.1, 0.15) is 31.0 Å². The lowest BCUT2D eigenvalue weighted by Gasteiger charge is -2.15. The van der Waals surface area contributed by atoms with Gasteiger partial charge < -0.3 is 10.5 Å². The lowest BCUT2D eigenvalue weighted by molar-refractivity contribution is 0.141. The van der Waals surface area contributed by atoms with E-state index in [1.165, 1.54) is 0 Å². The summed E-state index contributed by atoms with van der Waals surface area (Å²) in [4.78, 5) is 0. The van der Waals surface area contributed by atoms with Crippen molar-refractivity contribution < 1.29 is 4.74 Å². The third kappa shape index (κ3) is 2.11. The van der Waals surface area contributed by atoms with Gasteiger partial charge in [-0.05, 0) is 26.2 Å². The molecule has 1 fully saturated rings. The maximum absolute atomic E-state index is 6.02. The molecule has 0 amide bonds. The second-order valence-electron chi connectivity index (χ2n) is 3.93. The van der Waals surface area contributed by atoms with Crippen molar-refractivity contribution in [1.82, 2.24) is 9.78 Å². The largest absolute Gasteiger partial charge is 0.383 e. The molecule has 2 heterocycles. The molecule has 2 rings (SSSR count). The van der Waals surface area contributed by atoms with E-state index in [1.54, 1.807) is 0 Å². The molecule has 0 aliphatic carbocycles. The Balaban J connectivity index is 2.23. The predicted molar refractivity (Wildman–Crippen MR) is 60.1 cm³/mol. The lowest BCUT2D eigenvalue weighted by Crippen LogP contribution is -2.13. The fourth-order valence-electron chi connectivity index (χ4n) is 1.95. The molecule has 0 spiro atoms. The summed E-state index contributed by atoms with van der Waals surface area (Å²) in [5.41, 5.74) is 6.72. The molecule has 15 heavy (non-hydrogen) atoms. The number of hydrogen-bond donors (Lipinski definition) is 1. The Kier molecular flexibility index (Phi) is 3.17. The number of hydrogen-bond acceptors (Lipinski definition) is 3. The number of rotatable bonds is 1. The average molecular weight is 230 g/mol. The van der Waals surface area contributed by atoms with Gasteiger partial charge >= 0.3 is 0 Å². The highest BCUT2D eigenvalue weighted by molar-refractivity contribution is 6.33. The molecule has 1 atom stereocenters. The predicted octanol–water partition coefficient (Wildman–Crippen LogP) is 2.17. The van der Waals surface area contributed by atoms with Crippen LogP contribution in [0.25, 0.3) is 0 Å². The second kappa shape index (κ2) is 4.41. The Morgan fingerprint density at radius 1 is 1.47 bits per heavy atom. The molecular formula is C10H16ClN3O. The third-order valence-corrected chi connectivity index (χ3v) is 3.28. The molecule has 1 aliphatic rings. The second-order valence-corrected chi connectivity index (χ2v) is 4.30. The highest BCUT2D eigenvalue weighted by Gasteiger charge is 2.20. The Bertz CT molecular complexity index is 343. The number of halogens is 1. The van der Waals surface area contributed by atoms with Crippen LogP contribution in [-0.4, -0.2) is 23.0 Å². The minimum Gasteiger partial charge on any atom is -0.383 e. The average Bonchev–Trinajstić information content (AvgIpc) is 2.51. The summed E-state index contributed by atoms with van der Waals surface area (Å²) >= 11 is 6.02. The molecule has 5 heteroatoms. The molecule has 0 aromatic carbocycles. The highest BCUT2D eigenvalue weighted by Crippen LogP contribution is 2.29. The Morgan fingerprint density at radius 3 is 2.93 bits per heavy atom. The van der Waals surface area contributed by atoms with E-state index in [9.17, 15) is 0 Å². The fraction of sp³-hybridized carbons (Fsp3) is 0.700. The van der Waals surface area contributed by atoms with Crippen LogP contribution in [-0.2, 0) is 4.74 Å². The van der Waals surface area contributed by atoms with Crippen molar-refractivity contribution in [2.45, 2.75) is 32.2 Å². The van der Waals surface area contributed by atoms with Gasteiger partial charge in [-0.15, -0.1) is 0 Å². The van der Waals surface area contributed by atoms with E-state index in [0.29, 0.717) is 16.9 Å². The van der Waals surface area contributed by atoms with Gasteiger partial charge in [-0.2, -0.15) is 5.10 Å². The summed E-state index contributed by atoms with van der Waals surface area (Å²) in [5.74, 6) is 0.584. The zero-order valence-electron chi connectivity index (χ0n) is 8.87. The molecule has 0 saturated carbocycles. The van der Waals surface area contributed by atoms with E-state index in [2.05, 4.69) is 5.10 Å². The third-order valence-electron chi connectivity index (χ3n) is 2.81. The van der Waals surface area contributed by atoms with Gasteiger partial charge in [0, 0.05) is 13.2 Å². The first kappa shape index (κ1) is 10.8. The zero-order chi connectivity index (χ0) is 10.8. The van der Waals surface area contributed by atoms with Gasteiger partial charge in [-0.3, -0.25) is 0 Å². The number of aryl methyl sites for hydroxylation is 1. The molecule has 1 saturated heterocycles. The summed E-state index contributed by atoms with van der Waals surface area (Å²) in [6, 6.07) is 0.332.